The molecular formula is C40H69NO15. The fraction of sp³-hybridized carbons (Fsp3) is 0.900. The number of likely N-dealkylation sites (N-methyl/N-ethyl adjacent to an activating group) is 1. The summed E-state index contributed by atoms with van der Waals surface area (Å²) in [6.07, 6.45) is -9.17. The highest BCUT2D eigenvalue weighted by Crippen LogP contribution is 2.38. The molecule has 16 nitrogen and oxygen atoms in total. The van der Waals surface area contributed by atoms with Crippen LogP contribution in [-0.4, -0.2) is 151 Å². The van der Waals surface area contributed by atoms with Crippen LogP contribution in [0.3, 0.4) is 0 Å². The number of carbonyl (C=O) groups is 4. The van der Waals surface area contributed by atoms with E-state index in [-0.39, 0.29) is 37.5 Å². The Labute approximate surface area is 332 Å². The molecule has 0 saturated carbocycles. The van der Waals surface area contributed by atoms with Gasteiger partial charge < -0.3 is 62.9 Å². The lowest BCUT2D eigenvalue weighted by molar-refractivity contribution is -0.344. The van der Waals surface area contributed by atoms with Crippen LogP contribution in [0.15, 0.2) is 0 Å². The molecular weight excluding hydrogens is 734 g/mol. The monoisotopic (exact) mass is 803 g/mol. The van der Waals surface area contributed by atoms with Crippen molar-refractivity contribution in [1.29, 1.82) is 0 Å². The number of carbonyl (C=O) groups excluding carboxylic acids is 4. The maximum absolute atomic E-state index is 13.2. The van der Waals surface area contributed by atoms with Gasteiger partial charge in [0.2, 0.25) is 0 Å². The normalized spacial score (nSPS) is 40.7. The number of aldehydes is 1. The molecule has 0 bridgehead atoms. The number of cyclic esters (lactones) is 1. The van der Waals surface area contributed by atoms with Crippen LogP contribution in [0.2, 0.25) is 0 Å². The van der Waals surface area contributed by atoms with E-state index in [1.165, 1.54) is 14.0 Å². The van der Waals surface area contributed by atoms with E-state index in [4.69, 9.17) is 37.9 Å². The van der Waals surface area contributed by atoms with Crippen molar-refractivity contribution >= 4 is 24.2 Å². The fourth-order valence-electron chi connectivity index (χ4n) is 8.29. The summed E-state index contributed by atoms with van der Waals surface area (Å²) < 4.78 is 48.5. The zero-order valence-corrected chi connectivity index (χ0v) is 35.2. The van der Waals surface area contributed by atoms with Gasteiger partial charge in [0.15, 0.2) is 18.7 Å². The topological polar surface area (TPSA) is 206 Å². The SMILES string of the molecule is CO[C@@H]1C(O[C@@H]2O[C@H](C)[C@@H](O[C@H]3C[C@@](C)(O)[C@@H](OC(=O)CC(C)C)[C@H](C)O3)[C@H](N(C)C)[C@H]2O)[C@@H](CC=O)C[C@@H](C)[C@@H](O)CCC[C@@H](C)OC(=O)C[C@H]1OC(C)=O. The number of nitrogens with zero attached hydrogens (tertiary/aromatic N) is 1. The Morgan fingerprint density at radius 2 is 1.68 bits per heavy atom. The number of esters is 3. The molecule has 0 spiro atoms. The van der Waals surface area contributed by atoms with Gasteiger partial charge in [0, 0.05) is 33.3 Å². The Kier molecular flexibility index (Phi) is 18.6. The first-order valence-corrected chi connectivity index (χ1v) is 20.1. The van der Waals surface area contributed by atoms with Gasteiger partial charge in [0.25, 0.3) is 0 Å². The molecule has 324 valence electrons. The molecule has 1 unspecified atom stereocenters. The van der Waals surface area contributed by atoms with Gasteiger partial charge in [-0.25, -0.2) is 0 Å². The summed E-state index contributed by atoms with van der Waals surface area (Å²) in [5.41, 5.74) is -1.49. The third-order valence-corrected chi connectivity index (χ3v) is 11.1. The quantitative estimate of drug-likeness (QED) is 0.147. The van der Waals surface area contributed by atoms with E-state index < -0.39 is 109 Å². The number of ether oxygens (including phenoxy) is 8. The maximum atomic E-state index is 13.2. The van der Waals surface area contributed by atoms with Crippen molar-refractivity contribution in [1.82, 2.24) is 4.90 Å². The van der Waals surface area contributed by atoms with Crippen molar-refractivity contribution in [2.75, 3.05) is 21.2 Å². The van der Waals surface area contributed by atoms with Gasteiger partial charge in [-0.2, -0.15) is 0 Å². The van der Waals surface area contributed by atoms with E-state index >= 15 is 0 Å². The van der Waals surface area contributed by atoms with E-state index in [0.29, 0.717) is 25.7 Å². The zero-order valence-electron chi connectivity index (χ0n) is 35.2. The zero-order chi connectivity index (χ0) is 42.1. The molecule has 16 heteroatoms. The summed E-state index contributed by atoms with van der Waals surface area (Å²) in [5, 5.41) is 34.6. The molecule has 0 aliphatic carbocycles. The minimum atomic E-state index is -1.49. The summed E-state index contributed by atoms with van der Waals surface area (Å²) >= 11 is 0. The molecule has 0 aromatic carbocycles. The standard InChI is InChI=1S/C40H69NO15/c1-21(2)17-30(45)54-38-25(6)51-32(20-40(38,8)48)55-35-24(5)52-39(34(47)33(35)41(9)10)56-36-27(15-16-42)18-22(3)28(44)14-12-13-23(4)50-31(46)19-29(37(36)49-11)53-26(7)43/h16,21-25,27-29,32-39,44,47-48H,12-15,17-20H2,1-11H3/t22-,23-,24-,25+,27+,28+,29-,32+,33-,34-,35-,36?,37+,38+,39+,40-/m1/s1. The Morgan fingerprint density at radius 1 is 1.00 bits per heavy atom. The first-order valence-electron chi connectivity index (χ1n) is 20.1. The lowest BCUT2D eigenvalue weighted by Gasteiger charge is -2.50. The van der Waals surface area contributed by atoms with Gasteiger partial charge in [-0.1, -0.05) is 20.8 Å². The van der Waals surface area contributed by atoms with Crippen LogP contribution in [-0.2, 0) is 57.1 Å². The van der Waals surface area contributed by atoms with E-state index in [2.05, 4.69) is 0 Å². The Bertz CT molecular complexity index is 1260. The van der Waals surface area contributed by atoms with Crippen molar-refractivity contribution in [3.63, 3.8) is 0 Å². The molecule has 3 saturated heterocycles. The molecule has 0 aromatic heterocycles. The highest BCUT2D eigenvalue weighted by Gasteiger charge is 2.53. The predicted octanol–water partition coefficient (Wildman–Crippen LogP) is 2.68. The summed E-state index contributed by atoms with van der Waals surface area (Å²) in [6.45, 7) is 13.6. The molecule has 0 amide bonds. The van der Waals surface area contributed by atoms with Crippen LogP contribution < -0.4 is 0 Å². The number of aliphatic hydroxyl groups is 3. The summed E-state index contributed by atoms with van der Waals surface area (Å²) in [7, 11) is 4.88. The molecule has 16 atom stereocenters. The first kappa shape index (κ1) is 48.1. The molecule has 3 aliphatic rings. The largest absolute Gasteiger partial charge is 0.463 e. The third kappa shape index (κ3) is 13.4. The van der Waals surface area contributed by atoms with E-state index in [9.17, 15) is 34.5 Å². The lowest BCUT2D eigenvalue weighted by Crippen LogP contribution is -2.66. The number of hydrogen-bond donors (Lipinski definition) is 3. The molecule has 3 heterocycles. The average Bonchev–Trinajstić information content (AvgIpc) is 3.06. The molecule has 0 aromatic rings. The van der Waals surface area contributed by atoms with Crippen molar-refractivity contribution < 1.29 is 72.4 Å². The summed E-state index contributed by atoms with van der Waals surface area (Å²) in [6, 6.07) is -0.764. The third-order valence-electron chi connectivity index (χ3n) is 11.1. The molecule has 3 rings (SSSR count). The van der Waals surface area contributed by atoms with Crippen LogP contribution in [0.25, 0.3) is 0 Å². The smallest absolute Gasteiger partial charge is 0.309 e. The molecule has 3 fully saturated rings. The van der Waals surface area contributed by atoms with Gasteiger partial charge in [-0.3, -0.25) is 14.4 Å². The second-order valence-electron chi connectivity index (χ2n) is 16.9. The van der Waals surface area contributed by atoms with Gasteiger partial charge in [-0.15, -0.1) is 0 Å². The minimum absolute atomic E-state index is 0.0376. The maximum Gasteiger partial charge on any atom is 0.309 e. The van der Waals surface area contributed by atoms with Crippen molar-refractivity contribution in [2.24, 2.45) is 17.8 Å². The molecule has 3 N–H and O–H groups in total. The summed E-state index contributed by atoms with van der Waals surface area (Å²) in [5.74, 6) is -2.60. The number of rotatable bonds is 12. The lowest BCUT2D eigenvalue weighted by atomic mass is 9.81. The van der Waals surface area contributed by atoms with Crippen LogP contribution in [0.4, 0.5) is 0 Å². The Balaban J connectivity index is 1.95. The highest BCUT2D eigenvalue weighted by atomic mass is 16.7. The van der Waals surface area contributed by atoms with E-state index in [0.717, 1.165) is 6.29 Å². The molecule has 3 aliphatic heterocycles. The molecule has 0 radical (unpaired) electrons. The minimum Gasteiger partial charge on any atom is -0.463 e. The van der Waals surface area contributed by atoms with E-state index in [1.807, 2.05) is 20.8 Å². The van der Waals surface area contributed by atoms with Crippen LogP contribution in [0.1, 0.15) is 107 Å². The van der Waals surface area contributed by atoms with Gasteiger partial charge in [0.1, 0.15) is 36.3 Å². The van der Waals surface area contributed by atoms with Crippen LogP contribution >= 0.6 is 0 Å². The number of methoxy groups -OCH3 is 1. The Hall–Kier alpha value is -2.28. The van der Waals surface area contributed by atoms with Gasteiger partial charge in [-0.05, 0) is 85.2 Å². The second-order valence-corrected chi connectivity index (χ2v) is 16.9. The van der Waals surface area contributed by atoms with E-state index in [1.54, 1.807) is 46.7 Å². The predicted molar refractivity (Wildman–Crippen MR) is 201 cm³/mol. The van der Waals surface area contributed by atoms with Gasteiger partial charge in [0.05, 0.1) is 43.0 Å². The van der Waals surface area contributed by atoms with Crippen molar-refractivity contribution in [2.45, 2.75) is 192 Å². The van der Waals surface area contributed by atoms with Crippen molar-refractivity contribution in [3.05, 3.63) is 0 Å². The fourth-order valence-corrected chi connectivity index (χ4v) is 8.29. The number of aliphatic hydroxyl groups excluding tert-OH is 2. The van der Waals surface area contributed by atoms with Crippen LogP contribution in [0.5, 0.6) is 0 Å². The highest BCUT2D eigenvalue weighted by molar-refractivity contribution is 5.72. The molecule has 56 heavy (non-hydrogen) atoms. The van der Waals surface area contributed by atoms with Crippen LogP contribution in [0, 0.1) is 17.8 Å². The van der Waals surface area contributed by atoms with Crippen molar-refractivity contribution in [3.8, 4) is 0 Å². The second kappa shape index (κ2) is 21.6. The average molecular weight is 804 g/mol. The first-order chi connectivity index (χ1) is 26.2. The van der Waals surface area contributed by atoms with Gasteiger partial charge >= 0.3 is 17.9 Å². The Morgan fingerprint density at radius 3 is 2.25 bits per heavy atom. The summed E-state index contributed by atoms with van der Waals surface area (Å²) in [4.78, 5) is 52.0. The number of hydrogen-bond acceptors (Lipinski definition) is 16.